The third kappa shape index (κ3) is 3.73. The number of anilines is 1. The molecule has 0 spiro atoms. The highest BCUT2D eigenvalue weighted by Gasteiger charge is 2.29. The second-order valence-corrected chi connectivity index (χ2v) is 8.14. The van der Waals surface area contributed by atoms with Crippen LogP contribution in [0.5, 0.6) is 0 Å². The van der Waals surface area contributed by atoms with Gasteiger partial charge in [0.1, 0.15) is 0 Å². The van der Waals surface area contributed by atoms with E-state index in [1.165, 1.54) is 17.7 Å². The Morgan fingerprint density at radius 3 is 2.96 bits per heavy atom. The number of hydrogen-bond donors (Lipinski definition) is 1. The number of nitrogens with one attached hydrogen (secondary N) is 1. The number of nitrogens with zero attached hydrogens (tertiary/aromatic N) is 5. The van der Waals surface area contributed by atoms with Crippen molar-refractivity contribution in [2.45, 2.75) is 38.8 Å². The maximum absolute atomic E-state index is 4.58. The summed E-state index contributed by atoms with van der Waals surface area (Å²) >= 11 is 0. The summed E-state index contributed by atoms with van der Waals surface area (Å²) in [5.74, 6) is 1.65. The quantitative estimate of drug-likeness (QED) is 0.655. The lowest BCUT2D eigenvalue weighted by molar-refractivity contribution is 0.189. The predicted octanol–water partition coefficient (Wildman–Crippen LogP) is 2.79. The summed E-state index contributed by atoms with van der Waals surface area (Å²) in [7, 11) is 1.89. The second kappa shape index (κ2) is 8.25. The second-order valence-electron chi connectivity index (χ2n) is 8.14. The van der Waals surface area contributed by atoms with Crippen LogP contribution >= 0.6 is 0 Å². The molecule has 2 aliphatic heterocycles. The lowest BCUT2D eigenvalue weighted by Gasteiger charge is -2.39. The Hall–Kier alpha value is -2.50. The number of imidazole rings is 1. The fraction of sp³-hybridized carbons (Fsp3) is 0.545. The van der Waals surface area contributed by atoms with Gasteiger partial charge in [-0.15, -0.1) is 0 Å². The third-order valence-electron chi connectivity index (χ3n) is 6.35. The van der Waals surface area contributed by atoms with Crippen LogP contribution in [0.2, 0.25) is 0 Å². The normalized spacial score (nSPS) is 23.6. The number of rotatable bonds is 4. The van der Waals surface area contributed by atoms with Gasteiger partial charge < -0.3 is 19.7 Å². The van der Waals surface area contributed by atoms with Crippen molar-refractivity contribution in [3.63, 3.8) is 0 Å². The van der Waals surface area contributed by atoms with Gasteiger partial charge in [0, 0.05) is 57.3 Å². The summed E-state index contributed by atoms with van der Waals surface area (Å²) in [5.41, 5.74) is 2.85. The molecule has 6 heteroatoms. The number of guanidine groups is 1. The molecule has 1 N–H and O–H groups in total. The van der Waals surface area contributed by atoms with Crippen LogP contribution < -0.4 is 10.2 Å². The third-order valence-corrected chi connectivity index (χ3v) is 6.35. The standard InChI is InChI=1S/C22H32N6/c1-17-8-11-26(15-21(17)27-13-10-24-16-27)22(23-3)25-14-18(2)28-12-9-19-6-4-5-7-20(19)28/h4-7,10,13,16-18,21H,8-9,11-12,14-15H2,1-3H3,(H,23,25). The highest BCUT2D eigenvalue weighted by Crippen LogP contribution is 2.29. The Balaban J connectivity index is 1.37. The van der Waals surface area contributed by atoms with Gasteiger partial charge in [0.2, 0.25) is 0 Å². The van der Waals surface area contributed by atoms with E-state index in [2.05, 4.69) is 74.0 Å². The summed E-state index contributed by atoms with van der Waals surface area (Å²) in [6.07, 6.45) is 8.19. The number of benzene rings is 1. The minimum atomic E-state index is 0.425. The first-order valence-electron chi connectivity index (χ1n) is 10.4. The van der Waals surface area contributed by atoms with Crippen LogP contribution in [0.15, 0.2) is 48.0 Å². The fourth-order valence-corrected chi connectivity index (χ4v) is 4.60. The van der Waals surface area contributed by atoms with E-state index in [-0.39, 0.29) is 0 Å². The van der Waals surface area contributed by atoms with E-state index in [1.54, 1.807) is 0 Å². The van der Waals surface area contributed by atoms with Crippen molar-refractivity contribution in [1.29, 1.82) is 0 Å². The Bertz CT molecular complexity index is 799. The zero-order chi connectivity index (χ0) is 19.5. The summed E-state index contributed by atoms with van der Waals surface area (Å²) in [6, 6.07) is 9.64. The van der Waals surface area contributed by atoms with E-state index >= 15 is 0 Å². The molecule has 0 amide bonds. The van der Waals surface area contributed by atoms with Gasteiger partial charge in [-0.3, -0.25) is 4.99 Å². The van der Waals surface area contributed by atoms with Crippen LogP contribution in [0, 0.1) is 5.92 Å². The zero-order valence-electron chi connectivity index (χ0n) is 17.3. The molecule has 1 saturated heterocycles. The van der Waals surface area contributed by atoms with E-state index < -0.39 is 0 Å². The predicted molar refractivity (Wildman–Crippen MR) is 115 cm³/mol. The summed E-state index contributed by atoms with van der Waals surface area (Å²) in [4.78, 5) is 13.7. The SMILES string of the molecule is CN=C(NCC(C)N1CCc2ccccc21)N1CCC(C)C(n2ccnc2)C1. The smallest absolute Gasteiger partial charge is 0.193 e. The Labute approximate surface area is 168 Å². The molecule has 1 fully saturated rings. The molecule has 28 heavy (non-hydrogen) atoms. The van der Waals surface area contributed by atoms with Gasteiger partial charge in [0.25, 0.3) is 0 Å². The average molecular weight is 381 g/mol. The van der Waals surface area contributed by atoms with Crippen LogP contribution in [-0.2, 0) is 6.42 Å². The molecule has 2 aromatic rings. The Morgan fingerprint density at radius 1 is 1.32 bits per heavy atom. The fourth-order valence-electron chi connectivity index (χ4n) is 4.60. The molecule has 3 atom stereocenters. The van der Waals surface area contributed by atoms with Gasteiger partial charge in [-0.1, -0.05) is 25.1 Å². The molecule has 3 unspecified atom stereocenters. The first-order chi connectivity index (χ1) is 13.7. The largest absolute Gasteiger partial charge is 0.366 e. The zero-order valence-corrected chi connectivity index (χ0v) is 17.3. The Kier molecular flexibility index (Phi) is 5.55. The minimum absolute atomic E-state index is 0.425. The van der Waals surface area contributed by atoms with E-state index in [1.807, 2.05) is 19.6 Å². The Morgan fingerprint density at radius 2 is 2.18 bits per heavy atom. The van der Waals surface area contributed by atoms with Gasteiger partial charge in [-0.05, 0) is 37.3 Å². The van der Waals surface area contributed by atoms with Crippen LogP contribution in [0.1, 0.15) is 31.9 Å². The van der Waals surface area contributed by atoms with Crippen LogP contribution in [-0.4, -0.2) is 59.7 Å². The van der Waals surface area contributed by atoms with E-state index in [0.29, 0.717) is 18.0 Å². The van der Waals surface area contributed by atoms with Gasteiger partial charge in [-0.2, -0.15) is 0 Å². The van der Waals surface area contributed by atoms with Gasteiger partial charge >= 0.3 is 0 Å². The maximum Gasteiger partial charge on any atom is 0.193 e. The molecule has 0 radical (unpaired) electrons. The number of likely N-dealkylation sites (tertiary alicyclic amines) is 1. The molecule has 1 aromatic carbocycles. The molecule has 0 aliphatic carbocycles. The van der Waals surface area contributed by atoms with Crippen LogP contribution in [0.4, 0.5) is 5.69 Å². The van der Waals surface area contributed by atoms with Crippen molar-refractivity contribution < 1.29 is 0 Å². The topological polar surface area (TPSA) is 48.7 Å². The molecule has 3 heterocycles. The number of aromatic nitrogens is 2. The van der Waals surface area contributed by atoms with Crippen molar-refractivity contribution >= 4 is 11.6 Å². The first kappa shape index (κ1) is 18.8. The molecule has 6 nitrogen and oxygen atoms in total. The molecule has 0 bridgehead atoms. The van der Waals surface area contributed by atoms with Gasteiger partial charge in [0.15, 0.2) is 5.96 Å². The first-order valence-corrected chi connectivity index (χ1v) is 10.4. The van der Waals surface area contributed by atoms with Gasteiger partial charge in [0.05, 0.1) is 12.4 Å². The summed E-state index contributed by atoms with van der Waals surface area (Å²) < 4.78 is 2.24. The van der Waals surface area contributed by atoms with Crippen LogP contribution in [0.3, 0.4) is 0 Å². The number of para-hydroxylation sites is 1. The lowest BCUT2D eigenvalue weighted by Crippen LogP contribution is -2.51. The van der Waals surface area contributed by atoms with E-state index in [0.717, 1.165) is 38.6 Å². The average Bonchev–Trinajstić information content (AvgIpc) is 3.39. The van der Waals surface area contributed by atoms with Crippen molar-refractivity contribution in [3.8, 4) is 0 Å². The van der Waals surface area contributed by atoms with Crippen molar-refractivity contribution in [2.24, 2.45) is 10.9 Å². The van der Waals surface area contributed by atoms with E-state index in [4.69, 9.17) is 0 Å². The molecular weight excluding hydrogens is 348 g/mol. The van der Waals surface area contributed by atoms with Crippen molar-refractivity contribution in [1.82, 2.24) is 19.8 Å². The van der Waals surface area contributed by atoms with Crippen molar-refractivity contribution in [3.05, 3.63) is 48.5 Å². The number of aliphatic imine (C=N–C) groups is 1. The number of piperidine rings is 1. The molecule has 150 valence electrons. The molecule has 4 rings (SSSR count). The van der Waals surface area contributed by atoms with Crippen LogP contribution in [0.25, 0.3) is 0 Å². The molecule has 0 saturated carbocycles. The maximum atomic E-state index is 4.58. The van der Waals surface area contributed by atoms with Gasteiger partial charge in [-0.25, -0.2) is 4.98 Å². The highest BCUT2D eigenvalue weighted by atomic mass is 15.3. The molecule has 2 aliphatic rings. The number of hydrogen-bond acceptors (Lipinski definition) is 3. The molecule has 1 aromatic heterocycles. The minimum Gasteiger partial charge on any atom is -0.366 e. The monoisotopic (exact) mass is 380 g/mol. The molecular formula is C22H32N6. The summed E-state index contributed by atoms with van der Waals surface area (Å²) in [6.45, 7) is 8.65. The highest BCUT2D eigenvalue weighted by molar-refractivity contribution is 5.80. The summed E-state index contributed by atoms with van der Waals surface area (Å²) in [5, 5.41) is 3.64. The lowest BCUT2D eigenvalue weighted by atomic mass is 9.93. The van der Waals surface area contributed by atoms with E-state index in [9.17, 15) is 0 Å². The van der Waals surface area contributed by atoms with Crippen molar-refractivity contribution in [2.75, 3.05) is 38.1 Å². The number of fused-ring (bicyclic) bond motifs is 1.